The maximum atomic E-state index is 8.65. The zero-order valence-electron chi connectivity index (χ0n) is 5.53. The Balaban J connectivity index is -0.0000000450. The van der Waals surface area contributed by atoms with Crippen LogP contribution in [0.3, 0.4) is 0 Å². The molecule has 0 spiro atoms. The first-order valence-electron chi connectivity index (χ1n) is 1.79. The zero-order valence-corrected chi connectivity index (χ0v) is 11.3. The van der Waals surface area contributed by atoms with Crippen LogP contribution in [0, 0.1) is 0 Å². The van der Waals surface area contributed by atoms with Crippen LogP contribution in [0.2, 0.25) is 0 Å². The molecule has 0 aliphatic carbocycles. The minimum atomic E-state index is -1.61. The molecule has 13 heavy (non-hydrogen) atoms. The molecular formula is C3BiCl3O6. The maximum Gasteiger partial charge on any atom is 3.00 e. The zero-order chi connectivity index (χ0) is 10.7. The van der Waals surface area contributed by atoms with Crippen molar-refractivity contribution >= 4 is 77.3 Å². The van der Waals surface area contributed by atoms with Crippen molar-refractivity contribution in [1.82, 2.24) is 0 Å². The summed E-state index contributed by atoms with van der Waals surface area (Å²) in [6, 6.07) is 0. The summed E-state index contributed by atoms with van der Waals surface area (Å²) in [5.41, 5.74) is -4.83. The quantitative estimate of drug-likeness (QED) is 0.323. The fraction of sp³-hybridized carbons (Fsp3) is 0. The molecule has 0 atom stereocenters. The van der Waals surface area contributed by atoms with E-state index in [1.165, 1.54) is 0 Å². The Morgan fingerprint density at radius 1 is 0.692 bits per heavy atom. The molecule has 0 aromatic carbocycles. The molecule has 2 radical (unpaired) electrons. The maximum absolute atomic E-state index is 8.65. The SMILES string of the molecule is O=C([O-])Cl.O=C([O-])Cl.O=C([O-])Cl.[Bi+3]. The van der Waals surface area contributed by atoms with Crippen molar-refractivity contribution in [3.63, 3.8) is 0 Å². The average molecular weight is 447 g/mol. The fourth-order valence-electron chi connectivity index (χ4n) is 0. The van der Waals surface area contributed by atoms with Crippen LogP contribution >= 0.6 is 34.8 Å². The second kappa shape index (κ2) is 18.1. The summed E-state index contributed by atoms with van der Waals surface area (Å²) in [6.45, 7) is 0. The molecule has 0 bridgehead atoms. The molecule has 0 amide bonds. The van der Waals surface area contributed by atoms with Crippen molar-refractivity contribution in [1.29, 1.82) is 0 Å². The normalized spacial score (nSPS) is 5.77. The van der Waals surface area contributed by atoms with Gasteiger partial charge < -0.3 is 29.7 Å². The number of carboxylic acid groups (broad SMARTS) is 3. The molecule has 0 saturated heterocycles. The van der Waals surface area contributed by atoms with Gasteiger partial charge in [-0.3, -0.25) is 0 Å². The van der Waals surface area contributed by atoms with Crippen LogP contribution in [0.4, 0.5) is 14.4 Å². The number of hydrogen-bond donors (Lipinski definition) is 0. The van der Waals surface area contributed by atoms with Gasteiger partial charge in [0.05, 0.1) is 0 Å². The first kappa shape index (κ1) is 23.2. The predicted octanol–water partition coefficient (Wildman–Crippen LogP) is -1.68. The van der Waals surface area contributed by atoms with Crippen LogP contribution in [0.15, 0.2) is 0 Å². The van der Waals surface area contributed by atoms with Gasteiger partial charge in [-0.2, -0.15) is 0 Å². The Kier molecular flexibility index (Phi) is 32.2. The van der Waals surface area contributed by atoms with E-state index in [1.807, 2.05) is 0 Å². The van der Waals surface area contributed by atoms with Gasteiger partial charge in [0.2, 0.25) is 0 Å². The molecule has 0 N–H and O–H groups in total. The van der Waals surface area contributed by atoms with Crippen LogP contribution < -0.4 is 15.3 Å². The van der Waals surface area contributed by atoms with Gasteiger partial charge in [-0.15, -0.1) is 0 Å². The summed E-state index contributed by atoms with van der Waals surface area (Å²) in [4.78, 5) is 26.0. The number of halogens is 3. The van der Waals surface area contributed by atoms with Gasteiger partial charge in [0.15, 0.2) is 0 Å². The van der Waals surface area contributed by atoms with Crippen molar-refractivity contribution in [2.45, 2.75) is 0 Å². The Morgan fingerprint density at radius 2 is 0.692 bits per heavy atom. The van der Waals surface area contributed by atoms with Crippen LogP contribution in [-0.4, -0.2) is 42.5 Å². The number of rotatable bonds is 0. The summed E-state index contributed by atoms with van der Waals surface area (Å²) < 4.78 is 0. The van der Waals surface area contributed by atoms with Gasteiger partial charge in [-0.1, -0.05) is 34.8 Å². The summed E-state index contributed by atoms with van der Waals surface area (Å²) >= 11 is 12.2. The summed E-state index contributed by atoms with van der Waals surface area (Å²) in [7, 11) is 0. The summed E-state index contributed by atoms with van der Waals surface area (Å²) in [5, 5.41) is 26.0. The third-order valence-electron chi connectivity index (χ3n) is 0. The molecule has 0 fully saturated rings. The third kappa shape index (κ3) is 47200. The van der Waals surface area contributed by atoms with Crippen molar-refractivity contribution in [3.05, 3.63) is 0 Å². The largest absolute Gasteiger partial charge is 3.00 e. The topological polar surface area (TPSA) is 120 Å². The number of hydrogen-bond acceptors (Lipinski definition) is 6. The fourth-order valence-corrected chi connectivity index (χ4v) is 0. The molecule has 10 heteroatoms. The third-order valence-corrected chi connectivity index (χ3v) is 0. The van der Waals surface area contributed by atoms with Gasteiger partial charge in [0.25, 0.3) is 0 Å². The van der Waals surface area contributed by atoms with E-state index in [1.54, 1.807) is 0 Å². The average Bonchev–Trinajstić information content (AvgIpc) is 1.54. The van der Waals surface area contributed by atoms with E-state index in [0.717, 1.165) is 0 Å². The van der Waals surface area contributed by atoms with Crippen molar-refractivity contribution in [2.24, 2.45) is 0 Å². The van der Waals surface area contributed by atoms with Crippen molar-refractivity contribution in [2.75, 3.05) is 0 Å². The Morgan fingerprint density at radius 3 is 0.692 bits per heavy atom. The molecule has 0 rings (SSSR count). The standard InChI is InChI=1S/3CHClO2.Bi/c3*2-1(3)4;/h3*(H,3,4);/q;;;+3/p-3. The number of carbonyl (C=O) groups is 3. The second-order valence-corrected chi connectivity index (χ2v) is 1.64. The molecule has 0 aliphatic heterocycles. The molecule has 0 saturated carbocycles. The second-order valence-electron chi connectivity index (χ2n) is 0.713. The Hall–Kier alpha value is 0.163. The molecule has 0 aromatic rings. The Bertz CT molecular complexity index is 121. The van der Waals surface area contributed by atoms with E-state index in [9.17, 15) is 0 Å². The first-order chi connectivity index (χ1) is 5.20. The molecule has 0 aliphatic rings. The molecule has 0 heterocycles. The van der Waals surface area contributed by atoms with Gasteiger partial charge in [-0.05, 0) is 0 Å². The molecular weight excluding hydrogens is 447 g/mol. The first-order valence-corrected chi connectivity index (χ1v) is 2.93. The molecule has 74 valence electrons. The molecule has 0 unspecified atom stereocenters. The molecule has 6 nitrogen and oxygen atoms in total. The minimum absolute atomic E-state index is 0. The van der Waals surface area contributed by atoms with Gasteiger partial charge in [-0.25, -0.2) is 0 Å². The van der Waals surface area contributed by atoms with Crippen molar-refractivity contribution < 1.29 is 29.7 Å². The van der Waals surface area contributed by atoms with Crippen LogP contribution in [0.25, 0.3) is 0 Å². The molecule has 0 aromatic heterocycles. The van der Waals surface area contributed by atoms with Crippen molar-refractivity contribution in [3.8, 4) is 0 Å². The van der Waals surface area contributed by atoms with E-state index in [2.05, 4.69) is 34.8 Å². The van der Waals surface area contributed by atoms with E-state index in [0.29, 0.717) is 0 Å². The summed E-state index contributed by atoms with van der Waals surface area (Å²) in [6.07, 6.45) is 0. The van der Waals surface area contributed by atoms with Crippen LogP contribution in [0.5, 0.6) is 0 Å². The van der Waals surface area contributed by atoms with E-state index in [-0.39, 0.29) is 26.2 Å². The summed E-state index contributed by atoms with van der Waals surface area (Å²) in [5.74, 6) is 0. The minimum Gasteiger partial charge on any atom is -0.534 e. The van der Waals surface area contributed by atoms with Gasteiger partial charge >= 0.3 is 26.2 Å². The Labute approximate surface area is 107 Å². The van der Waals surface area contributed by atoms with Crippen LogP contribution in [-0.2, 0) is 0 Å². The van der Waals surface area contributed by atoms with E-state index < -0.39 is 16.3 Å². The van der Waals surface area contributed by atoms with E-state index >= 15 is 0 Å². The predicted molar refractivity (Wildman–Crippen MR) is 39.5 cm³/mol. The van der Waals surface area contributed by atoms with Crippen LogP contribution in [0.1, 0.15) is 0 Å². The smallest absolute Gasteiger partial charge is 0.534 e. The van der Waals surface area contributed by atoms with E-state index in [4.69, 9.17) is 29.7 Å². The van der Waals surface area contributed by atoms with Gasteiger partial charge in [0, 0.05) is 0 Å². The monoisotopic (exact) mass is 446 g/mol. The number of carbonyl (C=O) groups excluding carboxylic acids is 3. The van der Waals surface area contributed by atoms with Gasteiger partial charge in [0.1, 0.15) is 16.3 Å².